The second kappa shape index (κ2) is 6.44. The Balaban J connectivity index is 1.72. The van der Waals surface area contributed by atoms with Gasteiger partial charge < -0.3 is 10.1 Å². The number of hydrogen-bond donors (Lipinski definition) is 1. The molecule has 1 saturated heterocycles. The van der Waals surface area contributed by atoms with Crippen LogP contribution in [0.5, 0.6) is 0 Å². The first-order valence-electron chi connectivity index (χ1n) is 6.36. The number of amides is 1. The number of carbonyl (C=O) groups excluding carboxylic acids is 1. The van der Waals surface area contributed by atoms with Gasteiger partial charge in [-0.2, -0.15) is 0 Å². The lowest BCUT2D eigenvalue weighted by atomic mass is 9.98. The summed E-state index contributed by atoms with van der Waals surface area (Å²) in [7, 11) is 0. The van der Waals surface area contributed by atoms with Gasteiger partial charge in [0.05, 0.1) is 24.1 Å². The molecule has 1 aliphatic heterocycles. The summed E-state index contributed by atoms with van der Waals surface area (Å²) in [6.45, 7) is 3.87. The first-order chi connectivity index (χ1) is 8.74. The molecule has 1 aliphatic rings. The average molecular weight is 249 g/mol. The SMILES string of the molecule is Cc1cnc(CNC(=O)C[C@@H]2CCCOC2)cn1. The van der Waals surface area contributed by atoms with Crippen LogP contribution in [0.2, 0.25) is 0 Å². The minimum absolute atomic E-state index is 0.0628. The van der Waals surface area contributed by atoms with Gasteiger partial charge in [0.2, 0.25) is 5.91 Å². The third-order valence-corrected chi connectivity index (χ3v) is 3.03. The molecule has 1 aromatic rings. The van der Waals surface area contributed by atoms with Crippen molar-refractivity contribution in [2.75, 3.05) is 13.2 Å². The summed E-state index contributed by atoms with van der Waals surface area (Å²) < 4.78 is 5.36. The molecule has 0 radical (unpaired) electrons. The van der Waals surface area contributed by atoms with Crippen molar-refractivity contribution in [3.8, 4) is 0 Å². The van der Waals surface area contributed by atoms with Crippen molar-refractivity contribution in [3.63, 3.8) is 0 Å². The molecule has 18 heavy (non-hydrogen) atoms. The van der Waals surface area contributed by atoms with Gasteiger partial charge in [-0.25, -0.2) is 0 Å². The molecule has 0 bridgehead atoms. The van der Waals surface area contributed by atoms with E-state index >= 15 is 0 Å². The highest BCUT2D eigenvalue weighted by Crippen LogP contribution is 2.16. The molecule has 5 nitrogen and oxygen atoms in total. The Morgan fingerprint density at radius 2 is 2.39 bits per heavy atom. The monoisotopic (exact) mass is 249 g/mol. The maximum atomic E-state index is 11.7. The predicted molar refractivity (Wildman–Crippen MR) is 66.8 cm³/mol. The Morgan fingerprint density at radius 3 is 3.06 bits per heavy atom. The number of ether oxygens (including phenoxy) is 1. The highest BCUT2D eigenvalue weighted by molar-refractivity contribution is 5.76. The lowest BCUT2D eigenvalue weighted by molar-refractivity contribution is -0.123. The van der Waals surface area contributed by atoms with Crippen LogP contribution >= 0.6 is 0 Å². The number of rotatable bonds is 4. The topological polar surface area (TPSA) is 64.1 Å². The van der Waals surface area contributed by atoms with E-state index in [9.17, 15) is 4.79 Å². The van der Waals surface area contributed by atoms with E-state index in [-0.39, 0.29) is 5.91 Å². The van der Waals surface area contributed by atoms with Crippen molar-refractivity contribution >= 4 is 5.91 Å². The lowest BCUT2D eigenvalue weighted by Gasteiger charge is -2.21. The predicted octanol–water partition coefficient (Wildman–Crippen LogP) is 1.22. The lowest BCUT2D eigenvalue weighted by Crippen LogP contribution is -2.28. The van der Waals surface area contributed by atoms with Crippen molar-refractivity contribution in [2.24, 2.45) is 5.92 Å². The summed E-state index contributed by atoms with van der Waals surface area (Å²) in [6.07, 6.45) is 6.08. The fraction of sp³-hybridized carbons (Fsp3) is 0.615. The van der Waals surface area contributed by atoms with E-state index in [1.807, 2.05) is 6.92 Å². The van der Waals surface area contributed by atoms with Gasteiger partial charge in [0.1, 0.15) is 0 Å². The van der Waals surface area contributed by atoms with Crippen molar-refractivity contribution < 1.29 is 9.53 Å². The van der Waals surface area contributed by atoms with E-state index in [2.05, 4.69) is 15.3 Å². The number of carbonyl (C=O) groups is 1. The largest absolute Gasteiger partial charge is 0.381 e. The van der Waals surface area contributed by atoms with Crippen molar-refractivity contribution in [2.45, 2.75) is 32.7 Å². The zero-order valence-electron chi connectivity index (χ0n) is 10.7. The number of aromatic nitrogens is 2. The number of nitrogens with one attached hydrogen (secondary N) is 1. The zero-order valence-corrected chi connectivity index (χ0v) is 10.7. The molecule has 0 aliphatic carbocycles. The smallest absolute Gasteiger partial charge is 0.220 e. The van der Waals surface area contributed by atoms with E-state index in [0.717, 1.165) is 30.8 Å². The quantitative estimate of drug-likeness (QED) is 0.871. The van der Waals surface area contributed by atoms with Crippen molar-refractivity contribution in [1.82, 2.24) is 15.3 Å². The molecule has 0 spiro atoms. The molecule has 5 heteroatoms. The van der Waals surface area contributed by atoms with Gasteiger partial charge in [0.25, 0.3) is 0 Å². The van der Waals surface area contributed by atoms with Crippen LogP contribution in [-0.4, -0.2) is 29.1 Å². The average Bonchev–Trinajstić information content (AvgIpc) is 2.39. The van der Waals surface area contributed by atoms with Crippen LogP contribution < -0.4 is 5.32 Å². The Bertz CT molecular complexity index is 386. The van der Waals surface area contributed by atoms with E-state index in [1.54, 1.807) is 12.4 Å². The first kappa shape index (κ1) is 13.0. The summed E-state index contributed by atoms with van der Waals surface area (Å²) in [6, 6.07) is 0. The molecular formula is C13H19N3O2. The van der Waals surface area contributed by atoms with Crippen molar-refractivity contribution in [1.29, 1.82) is 0 Å². The number of nitrogens with zero attached hydrogens (tertiary/aromatic N) is 2. The van der Waals surface area contributed by atoms with Crippen LogP contribution in [0.15, 0.2) is 12.4 Å². The summed E-state index contributed by atoms with van der Waals surface area (Å²) >= 11 is 0. The van der Waals surface area contributed by atoms with E-state index in [4.69, 9.17) is 4.74 Å². The minimum Gasteiger partial charge on any atom is -0.381 e. The van der Waals surface area contributed by atoms with Gasteiger partial charge in [-0.05, 0) is 25.7 Å². The van der Waals surface area contributed by atoms with Crippen LogP contribution in [0, 0.1) is 12.8 Å². The molecule has 1 N–H and O–H groups in total. The van der Waals surface area contributed by atoms with Crippen molar-refractivity contribution in [3.05, 3.63) is 23.8 Å². The maximum absolute atomic E-state index is 11.7. The maximum Gasteiger partial charge on any atom is 0.220 e. The summed E-state index contributed by atoms with van der Waals surface area (Å²) in [5.74, 6) is 0.427. The van der Waals surface area contributed by atoms with Gasteiger partial charge >= 0.3 is 0 Å². The summed E-state index contributed by atoms with van der Waals surface area (Å²) in [5.41, 5.74) is 1.67. The van der Waals surface area contributed by atoms with Gasteiger partial charge in [-0.15, -0.1) is 0 Å². The Labute approximate surface area is 107 Å². The van der Waals surface area contributed by atoms with Crippen LogP contribution in [0.25, 0.3) is 0 Å². The number of aryl methyl sites for hydroxylation is 1. The second-order valence-corrected chi connectivity index (χ2v) is 4.71. The molecule has 0 saturated carbocycles. The van der Waals surface area contributed by atoms with Gasteiger partial charge in [-0.3, -0.25) is 14.8 Å². The van der Waals surface area contributed by atoms with Gasteiger partial charge in [0, 0.05) is 25.8 Å². The standard InChI is InChI=1S/C13H19N3O2/c1-10-6-15-12(7-14-10)8-16-13(17)5-11-3-2-4-18-9-11/h6-7,11H,2-5,8-9H2,1H3,(H,16,17)/t11-/m0/s1. The molecule has 1 amide bonds. The molecule has 2 heterocycles. The fourth-order valence-corrected chi connectivity index (χ4v) is 2.00. The molecule has 2 rings (SSSR count). The van der Waals surface area contributed by atoms with Crippen LogP contribution in [-0.2, 0) is 16.1 Å². The number of hydrogen-bond acceptors (Lipinski definition) is 4. The zero-order chi connectivity index (χ0) is 12.8. The summed E-state index contributed by atoms with van der Waals surface area (Å²) in [4.78, 5) is 20.1. The van der Waals surface area contributed by atoms with Gasteiger partial charge in [0.15, 0.2) is 0 Å². The van der Waals surface area contributed by atoms with Crippen LogP contribution in [0.1, 0.15) is 30.7 Å². The molecule has 1 fully saturated rings. The van der Waals surface area contributed by atoms with Crippen LogP contribution in [0.4, 0.5) is 0 Å². The Kier molecular flexibility index (Phi) is 4.64. The Hall–Kier alpha value is -1.49. The normalized spacial score (nSPS) is 19.5. The Morgan fingerprint density at radius 1 is 1.50 bits per heavy atom. The molecule has 98 valence electrons. The molecular weight excluding hydrogens is 230 g/mol. The molecule has 1 aromatic heterocycles. The third kappa shape index (κ3) is 4.07. The minimum atomic E-state index is 0.0628. The molecule has 1 atom stereocenters. The highest BCUT2D eigenvalue weighted by atomic mass is 16.5. The fourth-order valence-electron chi connectivity index (χ4n) is 2.00. The summed E-state index contributed by atoms with van der Waals surface area (Å²) in [5, 5.41) is 2.87. The third-order valence-electron chi connectivity index (χ3n) is 3.03. The molecule has 0 unspecified atom stereocenters. The highest BCUT2D eigenvalue weighted by Gasteiger charge is 2.17. The van der Waals surface area contributed by atoms with E-state index in [1.165, 1.54) is 0 Å². The van der Waals surface area contributed by atoms with E-state index in [0.29, 0.717) is 25.5 Å². The first-order valence-corrected chi connectivity index (χ1v) is 6.36. The van der Waals surface area contributed by atoms with E-state index < -0.39 is 0 Å². The molecule has 0 aromatic carbocycles. The van der Waals surface area contributed by atoms with Crippen LogP contribution in [0.3, 0.4) is 0 Å². The second-order valence-electron chi connectivity index (χ2n) is 4.71. The van der Waals surface area contributed by atoms with Gasteiger partial charge in [-0.1, -0.05) is 0 Å².